The number of nitrogens with zero attached hydrogens (tertiary/aromatic N) is 3. The zero-order chi connectivity index (χ0) is 13.8. The SMILES string of the molecule is CC(CO)[C@H](C=O)c1cc(N2CCNCC2)n(C)n1. The molecular formula is C13H22N4O2. The second kappa shape index (κ2) is 6.16. The quantitative estimate of drug-likeness (QED) is 0.719. The van der Waals surface area contributed by atoms with Gasteiger partial charge in [0.15, 0.2) is 0 Å². The summed E-state index contributed by atoms with van der Waals surface area (Å²) in [5, 5.41) is 17.0. The summed E-state index contributed by atoms with van der Waals surface area (Å²) >= 11 is 0. The van der Waals surface area contributed by atoms with Crippen molar-refractivity contribution in [3.63, 3.8) is 0 Å². The second-order valence-electron chi connectivity index (χ2n) is 5.11. The average molecular weight is 266 g/mol. The molecular weight excluding hydrogens is 244 g/mol. The molecule has 2 N–H and O–H groups in total. The Morgan fingerprint density at radius 1 is 1.53 bits per heavy atom. The van der Waals surface area contributed by atoms with Gasteiger partial charge in [0.05, 0.1) is 11.6 Å². The van der Waals surface area contributed by atoms with Gasteiger partial charge in [-0.15, -0.1) is 0 Å². The molecule has 2 rings (SSSR count). The number of carbonyl (C=O) groups is 1. The number of hydrogen-bond acceptors (Lipinski definition) is 5. The number of piperazine rings is 1. The van der Waals surface area contributed by atoms with Crippen molar-refractivity contribution in [2.24, 2.45) is 13.0 Å². The summed E-state index contributed by atoms with van der Waals surface area (Å²) < 4.78 is 1.82. The summed E-state index contributed by atoms with van der Waals surface area (Å²) in [4.78, 5) is 13.5. The number of anilines is 1. The number of hydrogen-bond donors (Lipinski definition) is 2. The summed E-state index contributed by atoms with van der Waals surface area (Å²) in [6.07, 6.45) is 0.880. The lowest BCUT2D eigenvalue weighted by Crippen LogP contribution is -2.44. The number of aromatic nitrogens is 2. The van der Waals surface area contributed by atoms with Crippen LogP contribution in [0.25, 0.3) is 0 Å². The molecule has 1 unspecified atom stereocenters. The predicted octanol–water partition coefficient (Wildman–Crippen LogP) is -0.259. The highest BCUT2D eigenvalue weighted by molar-refractivity contribution is 5.62. The molecule has 1 aliphatic heterocycles. The van der Waals surface area contributed by atoms with Gasteiger partial charge in [0.2, 0.25) is 0 Å². The molecule has 6 nitrogen and oxygen atoms in total. The molecule has 1 aliphatic rings. The Morgan fingerprint density at radius 2 is 2.21 bits per heavy atom. The lowest BCUT2D eigenvalue weighted by atomic mass is 9.93. The van der Waals surface area contributed by atoms with Crippen molar-refractivity contribution < 1.29 is 9.90 Å². The number of nitrogens with one attached hydrogen (secondary N) is 1. The van der Waals surface area contributed by atoms with Crippen LogP contribution in [0.3, 0.4) is 0 Å². The number of aliphatic hydroxyl groups excluding tert-OH is 1. The van der Waals surface area contributed by atoms with E-state index < -0.39 is 0 Å². The van der Waals surface area contributed by atoms with Crippen molar-refractivity contribution in [1.29, 1.82) is 0 Å². The highest BCUT2D eigenvalue weighted by Gasteiger charge is 2.23. The van der Waals surface area contributed by atoms with E-state index >= 15 is 0 Å². The summed E-state index contributed by atoms with van der Waals surface area (Å²) in [6.45, 7) is 5.66. The van der Waals surface area contributed by atoms with Gasteiger partial charge in [-0.1, -0.05) is 6.92 Å². The van der Waals surface area contributed by atoms with Crippen LogP contribution in [0.1, 0.15) is 18.5 Å². The van der Waals surface area contributed by atoms with Gasteiger partial charge in [-0.25, -0.2) is 0 Å². The van der Waals surface area contributed by atoms with Gasteiger partial charge in [-0.3, -0.25) is 4.68 Å². The first kappa shape index (κ1) is 14.0. The minimum atomic E-state index is -0.340. The zero-order valence-electron chi connectivity index (χ0n) is 11.5. The Labute approximate surface area is 113 Å². The standard InChI is InChI=1S/C13H22N4O2/c1-10(8-18)11(9-19)12-7-13(16(2)15-12)17-5-3-14-4-6-17/h7,9-11,14,18H,3-6,8H2,1-2H3/t10?,11-/m0/s1. The summed E-state index contributed by atoms with van der Waals surface area (Å²) in [5.74, 6) is 0.588. The van der Waals surface area contributed by atoms with Gasteiger partial charge in [0.1, 0.15) is 12.1 Å². The zero-order valence-corrected chi connectivity index (χ0v) is 11.5. The van der Waals surface area contributed by atoms with Gasteiger partial charge >= 0.3 is 0 Å². The Hall–Kier alpha value is -1.40. The maximum Gasteiger partial charge on any atom is 0.129 e. The van der Waals surface area contributed by atoms with Gasteiger partial charge in [0.25, 0.3) is 0 Å². The molecule has 0 spiro atoms. The van der Waals surface area contributed by atoms with Crippen molar-refractivity contribution >= 4 is 12.1 Å². The smallest absolute Gasteiger partial charge is 0.129 e. The first-order valence-electron chi connectivity index (χ1n) is 6.73. The number of carbonyl (C=O) groups excluding carboxylic acids is 1. The summed E-state index contributed by atoms with van der Waals surface area (Å²) in [6, 6.07) is 1.97. The van der Waals surface area contributed by atoms with Crippen molar-refractivity contribution in [2.45, 2.75) is 12.8 Å². The minimum absolute atomic E-state index is 0.0110. The molecule has 0 amide bonds. The van der Waals surface area contributed by atoms with Crippen LogP contribution in [-0.2, 0) is 11.8 Å². The number of aliphatic hydroxyl groups is 1. The van der Waals surface area contributed by atoms with E-state index in [4.69, 9.17) is 0 Å². The van der Waals surface area contributed by atoms with Crippen LogP contribution in [0.15, 0.2) is 6.07 Å². The molecule has 106 valence electrons. The van der Waals surface area contributed by atoms with Crippen LogP contribution in [0.5, 0.6) is 0 Å². The largest absolute Gasteiger partial charge is 0.396 e. The molecule has 0 aromatic carbocycles. The molecule has 1 saturated heterocycles. The van der Waals surface area contributed by atoms with E-state index in [1.165, 1.54) is 0 Å². The van der Waals surface area contributed by atoms with Gasteiger partial charge in [-0.05, 0) is 5.92 Å². The lowest BCUT2D eigenvalue weighted by Gasteiger charge is -2.28. The van der Waals surface area contributed by atoms with Crippen molar-refractivity contribution in [3.05, 3.63) is 11.8 Å². The lowest BCUT2D eigenvalue weighted by molar-refractivity contribution is -0.110. The number of aryl methyl sites for hydroxylation is 1. The van der Waals surface area contributed by atoms with Crippen LogP contribution in [0.4, 0.5) is 5.82 Å². The van der Waals surface area contributed by atoms with Crippen LogP contribution in [-0.4, -0.2) is 54.0 Å². The van der Waals surface area contributed by atoms with Crippen molar-refractivity contribution in [1.82, 2.24) is 15.1 Å². The Balaban J connectivity index is 2.21. The Morgan fingerprint density at radius 3 is 2.79 bits per heavy atom. The van der Waals surface area contributed by atoms with Crippen LogP contribution in [0, 0.1) is 5.92 Å². The van der Waals surface area contributed by atoms with Crippen molar-refractivity contribution in [2.75, 3.05) is 37.7 Å². The molecule has 0 bridgehead atoms. The van der Waals surface area contributed by atoms with Gasteiger partial charge < -0.3 is 20.1 Å². The maximum atomic E-state index is 11.2. The molecule has 0 aliphatic carbocycles. The Kier molecular flexibility index (Phi) is 4.55. The highest BCUT2D eigenvalue weighted by atomic mass is 16.3. The fourth-order valence-electron chi connectivity index (χ4n) is 2.44. The second-order valence-corrected chi connectivity index (χ2v) is 5.11. The van der Waals surface area contributed by atoms with Crippen molar-refractivity contribution in [3.8, 4) is 0 Å². The highest BCUT2D eigenvalue weighted by Crippen LogP contribution is 2.25. The third-order valence-corrected chi connectivity index (χ3v) is 3.70. The number of rotatable bonds is 5. The third kappa shape index (κ3) is 2.96. The van der Waals surface area contributed by atoms with Crippen LogP contribution in [0.2, 0.25) is 0 Å². The molecule has 1 aromatic rings. The molecule has 0 radical (unpaired) electrons. The van der Waals surface area contributed by atoms with E-state index in [2.05, 4.69) is 15.3 Å². The van der Waals surface area contributed by atoms with Gasteiger partial charge in [0, 0.05) is 45.9 Å². The van der Waals surface area contributed by atoms with E-state index in [1.54, 1.807) is 0 Å². The molecule has 1 fully saturated rings. The van der Waals surface area contributed by atoms with E-state index in [1.807, 2.05) is 24.7 Å². The minimum Gasteiger partial charge on any atom is -0.396 e. The molecule has 1 aromatic heterocycles. The average Bonchev–Trinajstić information content (AvgIpc) is 2.82. The third-order valence-electron chi connectivity index (χ3n) is 3.70. The summed E-state index contributed by atoms with van der Waals surface area (Å²) in [5.41, 5.74) is 0.743. The molecule has 2 heterocycles. The topological polar surface area (TPSA) is 70.4 Å². The first-order valence-corrected chi connectivity index (χ1v) is 6.73. The van der Waals surface area contributed by atoms with E-state index in [-0.39, 0.29) is 18.4 Å². The first-order chi connectivity index (χ1) is 9.17. The summed E-state index contributed by atoms with van der Waals surface area (Å²) in [7, 11) is 1.90. The molecule has 0 saturated carbocycles. The van der Waals surface area contributed by atoms with E-state index in [9.17, 15) is 9.90 Å². The fraction of sp³-hybridized carbons (Fsp3) is 0.692. The predicted molar refractivity (Wildman–Crippen MR) is 73.3 cm³/mol. The molecule has 2 atom stereocenters. The monoisotopic (exact) mass is 266 g/mol. The molecule has 6 heteroatoms. The fourth-order valence-corrected chi connectivity index (χ4v) is 2.44. The van der Waals surface area contributed by atoms with E-state index in [0.29, 0.717) is 0 Å². The van der Waals surface area contributed by atoms with Crippen LogP contribution < -0.4 is 10.2 Å². The normalized spacial score (nSPS) is 19.2. The van der Waals surface area contributed by atoms with Crippen LogP contribution >= 0.6 is 0 Å². The molecule has 19 heavy (non-hydrogen) atoms. The maximum absolute atomic E-state index is 11.2. The van der Waals surface area contributed by atoms with Gasteiger partial charge in [-0.2, -0.15) is 5.10 Å². The number of aldehydes is 1. The van der Waals surface area contributed by atoms with E-state index in [0.717, 1.165) is 44.0 Å². The Bertz CT molecular complexity index is 426.